The maximum absolute atomic E-state index is 12.3. The number of hydrogen-bond donors (Lipinski definition) is 1. The minimum atomic E-state index is -0.0201. The molecule has 0 spiro atoms. The molecule has 1 N–H and O–H groups in total. The zero-order chi connectivity index (χ0) is 17.8. The van der Waals surface area contributed by atoms with Gasteiger partial charge in [0.1, 0.15) is 12.4 Å². The van der Waals surface area contributed by atoms with Gasteiger partial charge in [-0.05, 0) is 53.6 Å². The van der Waals surface area contributed by atoms with Gasteiger partial charge in [0.2, 0.25) is 0 Å². The Kier molecular flexibility index (Phi) is 5.18. The Labute approximate surface area is 157 Å². The highest BCUT2D eigenvalue weighted by Gasteiger charge is 2.09. The summed E-state index contributed by atoms with van der Waals surface area (Å²) < 4.78 is 7.45. The van der Waals surface area contributed by atoms with E-state index < -0.39 is 0 Å². The van der Waals surface area contributed by atoms with Crippen LogP contribution in [0.15, 0.2) is 58.8 Å². The molecule has 0 unspecified atom stereocenters. The van der Waals surface area contributed by atoms with E-state index in [1.54, 1.807) is 22.0 Å². The van der Waals surface area contributed by atoms with Crippen LogP contribution >= 0.6 is 11.3 Å². The van der Waals surface area contributed by atoms with E-state index in [0.29, 0.717) is 18.9 Å². The Bertz CT molecular complexity index is 931. The van der Waals surface area contributed by atoms with Crippen LogP contribution in [0.4, 0.5) is 0 Å². The molecule has 0 aliphatic carbocycles. The monoisotopic (exact) mass is 366 g/mol. The molecule has 1 aliphatic rings. The SMILES string of the molecule is O=c1cc(OCc2cccs2)ccn1CCc1ccc2c(c1)CNCC2. The molecule has 4 rings (SSSR count). The number of aromatic nitrogens is 1. The van der Waals surface area contributed by atoms with Gasteiger partial charge in [-0.25, -0.2) is 0 Å². The number of nitrogens with zero attached hydrogens (tertiary/aromatic N) is 1. The third-order valence-electron chi connectivity index (χ3n) is 4.73. The number of nitrogens with one attached hydrogen (secondary N) is 1. The molecule has 2 aromatic heterocycles. The average molecular weight is 366 g/mol. The van der Waals surface area contributed by atoms with Crippen LogP contribution < -0.4 is 15.6 Å². The molecule has 0 saturated heterocycles. The zero-order valence-corrected chi connectivity index (χ0v) is 15.4. The molecule has 134 valence electrons. The quantitative estimate of drug-likeness (QED) is 0.727. The Morgan fingerprint density at radius 1 is 1.15 bits per heavy atom. The van der Waals surface area contributed by atoms with Crippen molar-refractivity contribution >= 4 is 11.3 Å². The summed E-state index contributed by atoms with van der Waals surface area (Å²) in [7, 11) is 0. The van der Waals surface area contributed by atoms with Gasteiger partial charge in [0.15, 0.2) is 0 Å². The van der Waals surface area contributed by atoms with Gasteiger partial charge in [-0.1, -0.05) is 24.3 Å². The third-order valence-corrected chi connectivity index (χ3v) is 5.58. The normalized spacial score (nSPS) is 13.4. The van der Waals surface area contributed by atoms with E-state index in [1.165, 1.54) is 16.7 Å². The number of ether oxygens (including phenoxy) is 1. The van der Waals surface area contributed by atoms with Crippen molar-refractivity contribution in [3.05, 3.63) is 86.0 Å². The highest BCUT2D eigenvalue weighted by molar-refractivity contribution is 7.09. The van der Waals surface area contributed by atoms with Crippen LogP contribution in [0.25, 0.3) is 0 Å². The van der Waals surface area contributed by atoms with Gasteiger partial charge in [0.05, 0.1) is 0 Å². The van der Waals surface area contributed by atoms with Crippen molar-refractivity contribution in [2.45, 2.75) is 32.5 Å². The fourth-order valence-corrected chi connectivity index (χ4v) is 3.87. The summed E-state index contributed by atoms with van der Waals surface area (Å²) >= 11 is 1.65. The van der Waals surface area contributed by atoms with E-state index in [0.717, 1.165) is 30.8 Å². The Balaban J connectivity index is 1.38. The predicted molar refractivity (Wildman–Crippen MR) is 105 cm³/mol. The minimum absolute atomic E-state index is 0.0201. The second-order valence-electron chi connectivity index (χ2n) is 6.54. The molecule has 3 heterocycles. The topological polar surface area (TPSA) is 43.3 Å². The first-order valence-corrected chi connectivity index (χ1v) is 9.83. The summed E-state index contributed by atoms with van der Waals surface area (Å²) in [6.07, 6.45) is 3.77. The van der Waals surface area contributed by atoms with Crippen molar-refractivity contribution < 1.29 is 4.74 Å². The van der Waals surface area contributed by atoms with Crippen molar-refractivity contribution in [2.24, 2.45) is 0 Å². The van der Waals surface area contributed by atoms with E-state index in [4.69, 9.17) is 4.74 Å². The minimum Gasteiger partial charge on any atom is -0.488 e. The lowest BCUT2D eigenvalue weighted by Gasteiger charge is -2.18. The average Bonchev–Trinajstić information content (AvgIpc) is 3.19. The van der Waals surface area contributed by atoms with E-state index in [1.807, 2.05) is 29.8 Å². The van der Waals surface area contributed by atoms with Crippen LogP contribution in [0.1, 0.15) is 21.6 Å². The molecule has 3 aromatic rings. The van der Waals surface area contributed by atoms with Gasteiger partial charge in [0.25, 0.3) is 5.56 Å². The van der Waals surface area contributed by atoms with Gasteiger partial charge in [-0.15, -0.1) is 11.3 Å². The summed E-state index contributed by atoms with van der Waals surface area (Å²) in [6, 6.07) is 14.2. The highest BCUT2D eigenvalue weighted by atomic mass is 32.1. The number of fused-ring (bicyclic) bond motifs is 1. The van der Waals surface area contributed by atoms with Crippen LogP contribution in [0.2, 0.25) is 0 Å². The molecule has 0 amide bonds. The molecular formula is C21H22N2O2S. The fraction of sp³-hybridized carbons (Fsp3) is 0.286. The molecule has 4 nitrogen and oxygen atoms in total. The van der Waals surface area contributed by atoms with Gasteiger partial charge < -0.3 is 14.6 Å². The molecule has 0 atom stereocenters. The van der Waals surface area contributed by atoms with Crippen LogP contribution in [0, 0.1) is 0 Å². The van der Waals surface area contributed by atoms with Crippen molar-refractivity contribution in [1.29, 1.82) is 0 Å². The van der Waals surface area contributed by atoms with Crippen molar-refractivity contribution in [1.82, 2.24) is 9.88 Å². The Hall–Kier alpha value is -2.37. The van der Waals surface area contributed by atoms with Gasteiger partial charge in [-0.2, -0.15) is 0 Å². The van der Waals surface area contributed by atoms with E-state index in [9.17, 15) is 4.79 Å². The lowest BCUT2D eigenvalue weighted by atomic mass is 9.97. The summed E-state index contributed by atoms with van der Waals surface area (Å²) in [4.78, 5) is 13.5. The van der Waals surface area contributed by atoms with Crippen molar-refractivity contribution in [2.75, 3.05) is 6.54 Å². The van der Waals surface area contributed by atoms with Crippen molar-refractivity contribution in [3.8, 4) is 5.75 Å². The Morgan fingerprint density at radius 3 is 2.96 bits per heavy atom. The second kappa shape index (κ2) is 7.89. The zero-order valence-electron chi connectivity index (χ0n) is 14.6. The fourth-order valence-electron chi connectivity index (χ4n) is 3.25. The van der Waals surface area contributed by atoms with Gasteiger partial charge in [0, 0.05) is 30.2 Å². The number of hydrogen-bond acceptors (Lipinski definition) is 4. The standard InChI is InChI=1S/C21H22N2O2S/c24-21-13-19(25-15-20-2-1-11-26-20)7-10-23(21)9-6-16-3-4-17-5-8-22-14-18(17)12-16/h1-4,7,10-13,22H,5-6,8-9,14-15H2. The molecule has 0 saturated carbocycles. The first kappa shape index (κ1) is 17.1. The lowest BCUT2D eigenvalue weighted by molar-refractivity contribution is 0.308. The second-order valence-corrected chi connectivity index (χ2v) is 7.57. The molecule has 5 heteroatoms. The number of thiophene rings is 1. The number of pyridine rings is 1. The molecule has 26 heavy (non-hydrogen) atoms. The predicted octanol–water partition coefficient (Wildman–Crippen LogP) is 3.38. The van der Waals surface area contributed by atoms with E-state index >= 15 is 0 Å². The van der Waals surface area contributed by atoms with Crippen LogP contribution in [-0.2, 0) is 32.5 Å². The smallest absolute Gasteiger partial charge is 0.254 e. The van der Waals surface area contributed by atoms with Gasteiger partial charge in [-0.3, -0.25) is 4.79 Å². The highest BCUT2D eigenvalue weighted by Crippen LogP contribution is 2.17. The van der Waals surface area contributed by atoms with Gasteiger partial charge >= 0.3 is 0 Å². The summed E-state index contributed by atoms with van der Waals surface area (Å²) in [5, 5.41) is 5.43. The molecule has 0 radical (unpaired) electrons. The van der Waals surface area contributed by atoms with Crippen LogP contribution in [0.3, 0.4) is 0 Å². The Morgan fingerprint density at radius 2 is 2.12 bits per heavy atom. The number of rotatable bonds is 6. The molecular weight excluding hydrogens is 344 g/mol. The first-order chi connectivity index (χ1) is 12.8. The lowest BCUT2D eigenvalue weighted by Crippen LogP contribution is -2.24. The van der Waals surface area contributed by atoms with Crippen molar-refractivity contribution in [3.63, 3.8) is 0 Å². The molecule has 0 bridgehead atoms. The maximum atomic E-state index is 12.3. The largest absolute Gasteiger partial charge is 0.488 e. The molecule has 1 aromatic carbocycles. The van der Waals surface area contributed by atoms with E-state index in [2.05, 4.69) is 23.5 Å². The number of aryl methyl sites for hydroxylation is 2. The van der Waals surface area contributed by atoms with E-state index in [-0.39, 0.29) is 5.56 Å². The maximum Gasteiger partial charge on any atom is 0.254 e. The van der Waals surface area contributed by atoms with Crippen LogP contribution in [0.5, 0.6) is 5.75 Å². The van der Waals surface area contributed by atoms with Crippen LogP contribution in [-0.4, -0.2) is 11.1 Å². The number of benzene rings is 1. The summed E-state index contributed by atoms with van der Waals surface area (Å²) in [5.74, 6) is 0.625. The first-order valence-electron chi connectivity index (χ1n) is 8.95. The summed E-state index contributed by atoms with van der Waals surface area (Å²) in [6.45, 7) is 3.18. The molecule has 1 aliphatic heterocycles. The molecule has 0 fully saturated rings. The summed E-state index contributed by atoms with van der Waals surface area (Å²) in [5.41, 5.74) is 4.08. The third kappa shape index (κ3) is 4.06.